The number of carbonyl (C=O) groups excluding carboxylic acids is 1. The van der Waals surface area contributed by atoms with Crippen LogP contribution >= 0.6 is 0 Å². The zero-order valence-electron chi connectivity index (χ0n) is 18.3. The highest BCUT2D eigenvalue weighted by molar-refractivity contribution is 7.88. The van der Waals surface area contributed by atoms with Crippen molar-refractivity contribution >= 4 is 16.1 Å². The highest BCUT2D eigenvalue weighted by Crippen LogP contribution is 2.28. The third kappa shape index (κ3) is 6.04. The van der Waals surface area contributed by atoms with Gasteiger partial charge in [-0.05, 0) is 50.3 Å². The molecule has 0 unspecified atom stereocenters. The van der Waals surface area contributed by atoms with E-state index in [-0.39, 0.29) is 11.7 Å². The number of amides is 1. The number of ether oxygens (including phenoxy) is 1. The number of sulfonamides is 1. The monoisotopic (exact) mass is 466 g/mol. The van der Waals surface area contributed by atoms with Crippen molar-refractivity contribution in [1.29, 1.82) is 0 Å². The summed E-state index contributed by atoms with van der Waals surface area (Å²) in [4.78, 5) is 14.3. The smallest absolute Gasteiger partial charge is 0.410 e. The lowest BCUT2D eigenvalue weighted by Gasteiger charge is -2.41. The van der Waals surface area contributed by atoms with E-state index in [0.717, 1.165) is 17.9 Å². The zero-order chi connectivity index (χ0) is 23.5. The quantitative estimate of drug-likeness (QED) is 0.696. The molecule has 0 spiro atoms. The lowest BCUT2D eigenvalue weighted by molar-refractivity contribution is 0.0461. The van der Waals surface area contributed by atoms with Crippen LogP contribution in [0.4, 0.5) is 13.6 Å². The van der Waals surface area contributed by atoms with Gasteiger partial charge in [-0.3, -0.25) is 0 Å². The third-order valence-electron chi connectivity index (χ3n) is 5.35. The summed E-state index contributed by atoms with van der Waals surface area (Å²) in [6.45, 7) is 3.94. The Morgan fingerprint density at radius 1 is 1.22 bits per heavy atom. The maximum Gasteiger partial charge on any atom is 0.410 e. The average Bonchev–Trinajstić information content (AvgIpc) is 2.70. The van der Waals surface area contributed by atoms with Crippen LogP contribution in [0.25, 0.3) is 11.1 Å². The van der Waals surface area contributed by atoms with Gasteiger partial charge in [-0.15, -0.1) is 0 Å². The molecule has 1 amide bonds. The fourth-order valence-electron chi connectivity index (χ4n) is 4.05. The van der Waals surface area contributed by atoms with E-state index >= 15 is 0 Å². The Balaban J connectivity index is 1.93. The summed E-state index contributed by atoms with van der Waals surface area (Å²) in [6.07, 6.45) is 1.80. The Bertz CT molecular complexity index is 1080. The number of piperidine rings is 1. The number of likely N-dealkylation sites (tertiary alicyclic amines) is 1. The predicted molar refractivity (Wildman–Crippen MR) is 119 cm³/mol. The molecule has 0 radical (unpaired) electrons. The van der Waals surface area contributed by atoms with Gasteiger partial charge in [-0.2, -0.15) is 0 Å². The Labute approximate surface area is 187 Å². The minimum Gasteiger partial charge on any atom is -0.447 e. The number of hydrogen-bond acceptors (Lipinski definition) is 4. The summed E-state index contributed by atoms with van der Waals surface area (Å²) >= 11 is 0. The van der Waals surface area contributed by atoms with E-state index in [1.807, 2.05) is 6.07 Å². The Morgan fingerprint density at radius 2 is 1.94 bits per heavy atom. The van der Waals surface area contributed by atoms with Crippen LogP contribution in [0.1, 0.15) is 32.3 Å². The van der Waals surface area contributed by atoms with E-state index in [2.05, 4.69) is 4.72 Å². The molecular formula is C23H28F2N2O4S. The van der Waals surface area contributed by atoms with Crippen molar-refractivity contribution in [3.05, 3.63) is 59.7 Å². The molecule has 9 heteroatoms. The molecule has 2 atom stereocenters. The first kappa shape index (κ1) is 24.1. The number of hydrogen-bond donors (Lipinski definition) is 1. The van der Waals surface area contributed by atoms with E-state index in [4.69, 9.17) is 4.74 Å². The molecule has 1 saturated heterocycles. The number of carbonyl (C=O) groups is 1. The van der Waals surface area contributed by atoms with Gasteiger partial charge in [-0.25, -0.2) is 26.7 Å². The van der Waals surface area contributed by atoms with Crippen LogP contribution in [0.3, 0.4) is 0 Å². The van der Waals surface area contributed by atoms with Gasteiger partial charge < -0.3 is 9.64 Å². The molecule has 1 aliphatic rings. The van der Waals surface area contributed by atoms with Gasteiger partial charge in [0.2, 0.25) is 10.0 Å². The number of benzene rings is 2. The number of nitrogens with one attached hydrogen (secondary N) is 1. The first-order chi connectivity index (χ1) is 15.0. The third-order valence-corrected chi connectivity index (χ3v) is 6.08. The zero-order valence-corrected chi connectivity index (χ0v) is 19.2. The lowest BCUT2D eigenvalue weighted by Crippen LogP contribution is -2.58. The maximum atomic E-state index is 14.3. The van der Waals surface area contributed by atoms with Gasteiger partial charge >= 0.3 is 6.09 Å². The number of rotatable bonds is 6. The molecule has 0 aliphatic carbocycles. The Morgan fingerprint density at radius 3 is 2.62 bits per heavy atom. The second-order valence-corrected chi connectivity index (χ2v) is 10.1. The van der Waals surface area contributed by atoms with Crippen molar-refractivity contribution < 1.29 is 26.7 Å². The van der Waals surface area contributed by atoms with Crippen molar-refractivity contribution in [2.45, 2.75) is 51.3 Å². The van der Waals surface area contributed by atoms with Crippen molar-refractivity contribution in [2.24, 2.45) is 0 Å². The fourth-order valence-corrected chi connectivity index (χ4v) is 4.88. The summed E-state index contributed by atoms with van der Waals surface area (Å²) in [5, 5.41) is 0. The van der Waals surface area contributed by atoms with E-state index in [0.29, 0.717) is 31.4 Å². The summed E-state index contributed by atoms with van der Waals surface area (Å²) in [6, 6.07) is 9.98. The summed E-state index contributed by atoms with van der Waals surface area (Å²) < 4.78 is 59.9. The van der Waals surface area contributed by atoms with Crippen LogP contribution in [-0.4, -0.2) is 50.4 Å². The molecule has 0 bridgehead atoms. The van der Waals surface area contributed by atoms with Crippen LogP contribution in [0.2, 0.25) is 0 Å². The summed E-state index contributed by atoms with van der Waals surface area (Å²) in [5.74, 6) is -1.86. The first-order valence-electron chi connectivity index (χ1n) is 10.5. The molecule has 3 rings (SSSR count). The molecule has 174 valence electrons. The summed E-state index contributed by atoms with van der Waals surface area (Å²) in [7, 11) is -3.50. The van der Waals surface area contributed by atoms with Crippen molar-refractivity contribution in [3.63, 3.8) is 0 Å². The van der Waals surface area contributed by atoms with Crippen LogP contribution < -0.4 is 4.72 Å². The van der Waals surface area contributed by atoms with Gasteiger partial charge in [0, 0.05) is 18.2 Å². The second-order valence-electron chi connectivity index (χ2n) is 8.34. The minimum atomic E-state index is -3.50. The average molecular weight is 467 g/mol. The van der Waals surface area contributed by atoms with Gasteiger partial charge in [0.1, 0.15) is 0 Å². The number of nitrogens with zero attached hydrogens (tertiary/aromatic N) is 1. The molecule has 0 aromatic heterocycles. The molecular weight excluding hydrogens is 438 g/mol. The molecule has 1 heterocycles. The molecule has 2 aromatic carbocycles. The van der Waals surface area contributed by atoms with Crippen molar-refractivity contribution in [3.8, 4) is 11.1 Å². The molecule has 6 nitrogen and oxygen atoms in total. The minimum absolute atomic E-state index is 0.136. The van der Waals surface area contributed by atoms with E-state index in [1.54, 1.807) is 36.9 Å². The lowest BCUT2D eigenvalue weighted by atomic mass is 9.90. The summed E-state index contributed by atoms with van der Waals surface area (Å²) in [5.41, 5.74) is 1.40. The highest BCUT2D eigenvalue weighted by atomic mass is 32.2. The van der Waals surface area contributed by atoms with Gasteiger partial charge in [0.25, 0.3) is 0 Å². The van der Waals surface area contributed by atoms with Crippen LogP contribution in [-0.2, 0) is 21.2 Å². The highest BCUT2D eigenvalue weighted by Gasteiger charge is 2.37. The van der Waals surface area contributed by atoms with E-state index in [9.17, 15) is 22.0 Å². The topological polar surface area (TPSA) is 75.7 Å². The van der Waals surface area contributed by atoms with Crippen molar-refractivity contribution in [1.82, 2.24) is 9.62 Å². The maximum absolute atomic E-state index is 14.3. The van der Waals surface area contributed by atoms with Gasteiger partial charge in [0.05, 0.1) is 18.4 Å². The Hall–Kier alpha value is -2.52. The molecule has 1 fully saturated rings. The van der Waals surface area contributed by atoms with Gasteiger partial charge in [0.15, 0.2) is 11.6 Å². The van der Waals surface area contributed by atoms with E-state index in [1.165, 1.54) is 12.1 Å². The first-order valence-corrected chi connectivity index (χ1v) is 12.4. The second kappa shape index (κ2) is 9.95. The predicted octanol–water partition coefficient (Wildman–Crippen LogP) is 4.10. The molecule has 1 N–H and O–H groups in total. The van der Waals surface area contributed by atoms with Crippen LogP contribution in [0, 0.1) is 11.6 Å². The van der Waals surface area contributed by atoms with Crippen LogP contribution in [0.15, 0.2) is 42.5 Å². The SMILES string of the molecule is CC(C)OC(=O)N1CCC[C@H](NS(C)(=O)=O)[C@@H]1Cc1cccc(-c2cccc(F)c2F)c1. The standard InChI is InChI=1S/C23H28F2N2O4S/c1-15(2)31-23(28)27-12-6-11-20(26-32(3,29)30)21(27)14-16-7-4-8-17(13-16)18-9-5-10-19(24)22(18)25/h4-5,7-10,13,15,20-21,26H,6,11-12,14H2,1-3H3/t20-,21-/m0/s1. The molecule has 32 heavy (non-hydrogen) atoms. The normalized spacial score (nSPS) is 19.2. The molecule has 1 aliphatic heterocycles. The largest absolute Gasteiger partial charge is 0.447 e. The van der Waals surface area contributed by atoms with Crippen molar-refractivity contribution in [2.75, 3.05) is 12.8 Å². The van der Waals surface area contributed by atoms with E-state index < -0.39 is 39.8 Å². The molecule has 2 aromatic rings. The molecule has 0 saturated carbocycles. The number of halogens is 2. The van der Waals surface area contributed by atoms with Gasteiger partial charge in [-0.1, -0.05) is 36.4 Å². The fraction of sp³-hybridized carbons (Fsp3) is 0.435. The Kier molecular flexibility index (Phi) is 7.51. The van der Waals surface area contributed by atoms with Crippen LogP contribution in [0.5, 0.6) is 0 Å².